The van der Waals surface area contributed by atoms with Gasteiger partial charge in [0.25, 0.3) is 0 Å². The molecule has 0 aliphatic carbocycles. The van der Waals surface area contributed by atoms with Gasteiger partial charge in [0.15, 0.2) is 5.65 Å². The molecule has 28 heavy (non-hydrogen) atoms. The molecular formula is C21H23N5O2. The molecule has 144 valence electrons. The summed E-state index contributed by atoms with van der Waals surface area (Å²) in [4.78, 5) is 27.5. The van der Waals surface area contributed by atoms with Gasteiger partial charge in [-0.2, -0.15) is 0 Å². The first-order valence-electron chi connectivity index (χ1n) is 9.65. The highest BCUT2D eigenvalue weighted by atomic mass is 16.5. The number of ether oxygens (including phenoxy) is 1. The second-order valence-electron chi connectivity index (χ2n) is 8.24. The number of aromatic nitrogens is 5. The zero-order valence-corrected chi connectivity index (χ0v) is 16.0. The number of hydrogen-bond donors (Lipinski definition) is 2. The van der Waals surface area contributed by atoms with Crippen molar-refractivity contribution in [3.8, 4) is 11.1 Å². The maximum atomic E-state index is 12.6. The molecule has 7 nitrogen and oxygen atoms in total. The Morgan fingerprint density at radius 2 is 2.00 bits per heavy atom. The molecule has 0 radical (unpaired) electrons. The lowest BCUT2D eigenvalue weighted by Gasteiger charge is -2.35. The highest BCUT2D eigenvalue weighted by Gasteiger charge is 2.29. The largest absolute Gasteiger partial charge is 0.376 e. The van der Waals surface area contributed by atoms with E-state index in [4.69, 9.17) is 4.74 Å². The molecule has 1 aliphatic rings. The Balaban J connectivity index is 1.53. The molecule has 1 saturated heterocycles. The standard InChI is InChI=1S/C21H23N5O2/c1-21(2)9-13(4-6-28-21)12-26-17-8-16(11-24-19(17)25-20(26)27)15-7-14-3-5-22-18(14)23-10-15/h3,5,7-8,10-11,13H,4,6,9,12H2,1-2H3,(H,22,23)(H,24,25,27)/t13-/m1/s1. The van der Waals surface area contributed by atoms with Crippen LogP contribution in [0.25, 0.3) is 33.3 Å². The number of aromatic amines is 2. The smallest absolute Gasteiger partial charge is 0.327 e. The minimum atomic E-state index is -0.139. The van der Waals surface area contributed by atoms with Crippen LogP contribution in [0.5, 0.6) is 0 Å². The molecule has 5 rings (SSSR count). The summed E-state index contributed by atoms with van der Waals surface area (Å²) in [5, 5.41) is 1.05. The highest BCUT2D eigenvalue weighted by Crippen LogP contribution is 2.30. The number of nitrogens with zero attached hydrogens (tertiary/aromatic N) is 3. The number of H-pyrrole nitrogens is 2. The Morgan fingerprint density at radius 3 is 2.82 bits per heavy atom. The number of fused-ring (bicyclic) bond motifs is 2. The van der Waals surface area contributed by atoms with Crippen molar-refractivity contribution >= 4 is 22.2 Å². The maximum Gasteiger partial charge on any atom is 0.327 e. The van der Waals surface area contributed by atoms with Gasteiger partial charge in [-0.05, 0) is 50.8 Å². The first kappa shape index (κ1) is 17.2. The molecule has 0 spiro atoms. The number of rotatable bonds is 3. The summed E-state index contributed by atoms with van der Waals surface area (Å²) in [6, 6.07) is 6.11. The maximum absolute atomic E-state index is 12.6. The van der Waals surface area contributed by atoms with Crippen LogP contribution in [0, 0.1) is 5.92 Å². The summed E-state index contributed by atoms with van der Waals surface area (Å²) >= 11 is 0. The van der Waals surface area contributed by atoms with Crippen LogP contribution in [0.3, 0.4) is 0 Å². The van der Waals surface area contributed by atoms with Crippen LogP contribution in [-0.4, -0.2) is 36.7 Å². The summed E-state index contributed by atoms with van der Waals surface area (Å²) in [5.41, 5.74) is 4.00. The molecule has 0 amide bonds. The monoisotopic (exact) mass is 377 g/mol. The molecule has 1 aliphatic heterocycles. The number of pyridine rings is 2. The lowest BCUT2D eigenvalue weighted by atomic mass is 9.88. The minimum Gasteiger partial charge on any atom is -0.376 e. The van der Waals surface area contributed by atoms with Gasteiger partial charge < -0.3 is 9.72 Å². The van der Waals surface area contributed by atoms with Crippen molar-refractivity contribution in [3.05, 3.63) is 47.3 Å². The summed E-state index contributed by atoms with van der Waals surface area (Å²) in [6.07, 6.45) is 7.40. The van der Waals surface area contributed by atoms with E-state index in [1.165, 1.54) is 0 Å². The molecule has 7 heteroatoms. The Bertz CT molecular complexity index is 1220. The molecule has 0 bridgehead atoms. The second kappa shape index (κ2) is 6.31. The van der Waals surface area contributed by atoms with E-state index >= 15 is 0 Å². The average Bonchev–Trinajstić information content (AvgIpc) is 3.24. The molecule has 4 aromatic rings. The van der Waals surface area contributed by atoms with Crippen LogP contribution in [-0.2, 0) is 11.3 Å². The first-order valence-corrected chi connectivity index (χ1v) is 9.65. The minimum absolute atomic E-state index is 0.108. The average molecular weight is 377 g/mol. The molecule has 5 heterocycles. The number of imidazole rings is 1. The number of nitrogens with one attached hydrogen (secondary N) is 2. The van der Waals surface area contributed by atoms with Crippen molar-refractivity contribution < 1.29 is 4.74 Å². The van der Waals surface area contributed by atoms with Crippen molar-refractivity contribution in [2.45, 2.75) is 38.8 Å². The van der Waals surface area contributed by atoms with Crippen LogP contribution in [0.1, 0.15) is 26.7 Å². The molecule has 2 N–H and O–H groups in total. The van der Waals surface area contributed by atoms with Crippen LogP contribution >= 0.6 is 0 Å². The van der Waals surface area contributed by atoms with Gasteiger partial charge in [0, 0.05) is 48.3 Å². The lowest BCUT2D eigenvalue weighted by Crippen LogP contribution is -2.36. The van der Waals surface area contributed by atoms with E-state index in [0.29, 0.717) is 18.1 Å². The zero-order chi connectivity index (χ0) is 19.3. The van der Waals surface area contributed by atoms with Gasteiger partial charge in [0.05, 0.1) is 11.1 Å². The predicted octanol–water partition coefficient (Wildman–Crippen LogP) is 3.47. The number of hydrogen-bond acceptors (Lipinski definition) is 4. The van der Waals surface area contributed by atoms with Crippen molar-refractivity contribution in [3.63, 3.8) is 0 Å². The van der Waals surface area contributed by atoms with E-state index < -0.39 is 0 Å². The second-order valence-corrected chi connectivity index (χ2v) is 8.24. The van der Waals surface area contributed by atoms with Gasteiger partial charge in [-0.3, -0.25) is 9.55 Å². The van der Waals surface area contributed by atoms with Crippen molar-refractivity contribution in [1.82, 2.24) is 24.5 Å². The molecule has 1 fully saturated rings. The molecule has 0 aromatic carbocycles. The topological polar surface area (TPSA) is 88.6 Å². The van der Waals surface area contributed by atoms with E-state index in [0.717, 1.165) is 47.1 Å². The Kier molecular flexibility index (Phi) is 3.87. The third-order valence-electron chi connectivity index (χ3n) is 5.60. The molecule has 0 unspecified atom stereocenters. The van der Waals surface area contributed by atoms with Gasteiger partial charge >= 0.3 is 5.69 Å². The molecule has 4 aromatic heterocycles. The van der Waals surface area contributed by atoms with E-state index in [1.807, 2.05) is 29.1 Å². The van der Waals surface area contributed by atoms with Gasteiger partial charge in [-0.1, -0.05) is 0 Å². The predicted molar refractivity (Wildman–Crippen MR) is 108 cm³/mol. The van der Waals surface area contributed by atoms with Crippen molar-refractivity contribution in [2.24, 2.45) is 5.92 Å². The van der Waals surface area contributed by atoms with Crippen molar-refractivity contribution in [2.75, 3.05) is 6.61 Å². The van der Waals surface area contributed by atoms with Gasteiger partial charge in [0.2, 0.25) is 0 Å². The summed E-state index contributed by atoms with van der Waals surface area (Å²) in [6.45, 7) is 5.63. The molecular weight excluding hydrogens is 354 g/mol. The fraction of sp³-hybridized carbons (Fsp3) is 0.381. The van der Waals surface area contributed by atoms with Crippen LogP contribution in [0.2, 0.25) is 0 Å². The van der Waals surface area contributed by atoms with Crippen LogP contribution < -0.4 is 5.69 Å². The van der Waals surface area contributed by atoms with Crippen LogP contribution in [0.15, 0.2) is 41.6 Å². The SMILES string of the molecule is CC1(C)C[C@H](Cn2c(=O)[nH]c3ncc(-c4cnc5[nH]ccc5c4)cc32)CCO1. The fourth-order valence-corrected chi connectivity index (χ4v) is 4.24. The highest BCUT2D eigenvalue weighted by molar-refractivity contribution is 5.84. The Morgan fingerprint density at radius 1 is 1.21 bits per heavy atom. The Hall–Kier alpha value is -2.93. The van der Waals surface area contributed by atoms with Crippen LogP contribution in [0.4, 0.5) is 0 Å². The van der Waals surface area contributed by atoms with E-state index in [9.17, 15) is 4.79 Å². The van der Waals surface area contributed by atoms with Gasteiger partial charge in [-0.25, -0.2) is 14.8 Å². The normalized spacial score (nSPS) is 19.4. The summed E-state index contributed by atoms with van der Waals surface area (Å²) in [5.74, 6) is 0.405. The zero-order valence-electron chi connectivity index (χ0n) is 16.0. The fourth-order valence-electron chi connectivity index (χ4n) is 4.24. The first-order chi connectivity index (χ1) is 13.5. The third kappa shape index (κ3) is 3.01. The summed E-state index contributed by atoms with van der Waals surface area (Å²) in [7, 11) is 0. The third-order valence-corrected chi connectivity index (χ3v) is 5.60. The van der Waals surface area contributed by atoms with Gasteiger partial charge in [-0.15, -0.1) is 0 Å². The molecule has 0 saturated carbocycles. The lowest BCUT2D eigenvalue weighted by molar-refractivity contribution is -0.0747. The van der Waals surface area contributed by atoms with E-state index in [2.05, 4.69) is 39.8 Å². The van der Waals surface area contributed by atoms with E-state index in [-0.39, 0.29) is 11.3 Å². The molecule has 1 atom stereocenters. The quantitative estimate of drug-likeness (QED) is 0.572. The van der Waals surface area contributed by atoms with E-state index in [1.54, 1.807) is 6.20 Å². The summed E-state index contributed by atoms with van der Waals surface area (Å²) < 4.78 is 7.64. The van der Waals surface area contributed by atoms with Crippen molar-refractivity contribution in [1.29, 1.82) is 0 Å². The Labute approximate surface area is 161 Å². The van der Waals surface area contributed by atoms with Gasteiger partial charge in [0.1, 0.15) is 5.65 Å².